The van der Waals surface area contributed by atoms with Gasteiger partial charge in [0, 0.05) is 38.6 Å². The van der Waals surface area contributed by atoms with E-state index in [1.54, 1.807) is 41.6 Å². The third kappa shape index (κ3) is 4.44. The molecular formula is C23H22N6O3S2. The molecule has 0 spiro atoms. The fourth-order valence-corrected chi connectivity index (χ4v) is 6.34. The van der Waals surface area contributed by atoms with E-state index >= 15 is 0 Å². The van der Waals surface area contributed by atoms with Gasteiger partial charge in [0.05, 0.1) is 15.1 Å². The van der Waals surface area contributed by atoms with Crippen LogP contribution in [-0.4, -0.2) is 66.9 Å². The molecule has 1 amide bonds. The molecule has 0 aliphatic carbocycles. The Morgan fingerprint density at radius 3 is 2.29 bits per heavy atom. The molecule has 0 unspecified atom stereocenters. The topological polar surface area (TPSA) is 99.6 Å². The van der Waals surface area contributed by atoms with Crippen LogP contribution in [0.2, 0.25) is 0 Å². The minimum atomic E-state index is -3.99. The van der Waals surface area contributed by atoms with Gasteiger partial charge in [-0.05, 0) is 30.3 Å². The highest BCUT2D eigenvalue weighted by molar-refractivity contribution is 7.93. The zero-order valence-electron chi connectivity index (χ0n) is 18.2. The van der Waals surface area contributed by atoms with Crippen LogP contribution in [-0.2, 0) is 14.8 Å². The number of hydrogen-bond acceptors (Lipinski definition) is 8. The minimum Gasteiger partial charge on any atom is -0.338 e. The second kappa shape index (κ2) is 9.35. The molecule has 4 aromatic rings. The smallest absolute Gasteiger partial charge is 0.266 e. The Balaban J connectivity index is 1.39. The molecule has 5 rings (SSSR count). The number of anilines is 2. The van der Waals surface area contributed by atoms with E-state index in [-0.39, 0.29) is 22.5 Å². The molecule has 3 heterocycles. The zero-order chi connectivity index (χ0) is 23.5. The van der Waals surface area contributed by atoms with E-state index in [2.05, 4.69) is 15.0 Å². The van der Waals surface area contributed by atoms with Gasteiger partial charge in [0.2, 0.25) is 17.0 Å². The highest BCUT2D eigenvalue weighted by atomic mass is 32.2. The summed E-state index contributed by atoms with van der Waals surface area (Å²) in [5.41, 5.74) is 0.694. The van der Waals surface area contributed by atoms with Crippen LogP contribution >= 0.6 is 11.3 Å². The van der Waals surface area contributed by atoms with Crippen molar-refractivity contribution in [2.45, 2.75) is 4.90 Å². The maximum Gasteiger partial charge on any atom is 0.266 e. The average molecular weight is 495 g/mol. The minimum absolute atomic E-state index is 0.119. The summed E-state index contributed by atoms with van der Waals surface area (Å²) in [6.45, 7) is 1.73. The molecule has 0 atom stereocenters. The van der Waals surface area contributed by atoms with Gasteiger partial charge < -0.3 is 9.80 Å². The molecule has 2 aromatic heterocycles. The maximum atomic E-state index is 13.6. The van der Waals surface area contributed by atoms with Gasteiger partial charge in [-0.15, -0.1) is 0 Å². The number of para-hydroxylation sites is 1. The fraction of sp³-hybridized carbons (Fsp3) is 0.217. The second-order valence-corrected chi connectivity index (χ2v) is 10.6. The van der Waals surface area contributed by atoms with Crippen molar-refractivity contribution in [2.24, 2.45) is 0 Å². The monoisotopic (exact) mass is 494 g/mol. The van der Waals surface area contributed by atoms with Crippen LogP contribution < -0.4 is 9.21 Å². The second-order valence-electron chi connectivity index (χ2n) is 7.71. The first-order valence-corrected chi connectivity index (χ1v) is 13.0. The van der Waals surface area contributed by atoms with Gasteiger partial charge in [-0.25, -0.2) is 27.7 Å². The van der Waals surface area contributed by atoms with Crippen molar-refractivity contribution in [3.05, 3.63) is 73.1 Å². The van der Waals surface area contributed by atoms with Crippen molar-refractivity contribution >= 4 is 48.6 Å². The first-order chi connectivity index (χ1) is 16.5. The highest BCUT2D eigenvalue weighted by Crippen LogP contribution is 2.32. The lowest BCUT2D eigenvalue weighted by molar-refractivity contribution is -0.129. The number of aromatic nitrogens is 3. The number of rotatable bonds is 6. The normalized spacial score (nSPS) is 14.4. The SMILES string of the molecule is O=C(CN(c1nc2ccccc2s1)S(=O)(=O)c1ccccc1)N1CCN(c2ncccn2)CC1. The number of hydrogen-bond donors (Lipinski definition) is 0. The molecule has 1 aliphatic rings. The molecule has 0 N–H and O–H groups in total. The zero-order valence-corrected chi connectivity index (χ0v) is 19.8. The third-order valence-corrected chi connectivity index (χ3v) is 8.50. The summed E-state index contributed by atoms with van der Waals surface area (Å²) in [5.74, 6) is 0.352. The quantitative estimate of drug-likeness (QED) is 0.406. The number of thiazole rings is 1. The lowest BCUT2D eigenvalue weighted by Crippen LogP contribution is -2.52. The molecule has 0 radical (unpaired) electrons. The van der Waals surface area contributed by atoms with Crippen molar-refractivity contribution < 1.29 is 13.2 Å². The molecule has 9 nitrogen and oxygen atoms in total. The van der Waals surface area contributed by atoms with Crippen molar-refractivity contribution in [3.63, 3.8) is 0 Å². The van der Waals surface area contributed by atoms with Crippen molar-refractivity contribution in [2.75, 3.05) is 41.9 Å². The summed E-state index contributed by atoms with van der Waals surface area (Å²) in [7, 11) is -3.99. The van der Waals surface area contributed by atoms with Gasteiger partial charge in [0.15, 0.2) is 0 Å². The summed E-state index contributed by atoms with van der Waals surface area (Å²) in [6, 6.07) is 17.3. The molecule has 1 fully saturated rings. The maximum absolute atomic E-state index is 13.6. The third-order valence-electron chi connectivity index (χ3n) is 5.57. The Hall–Kier alpha value is -3.57. The summed E-state index contributed by atoms with van der Waals surface area (Å²) in [4.78, 5) is 30.1. The Bertz CT molecular complexity index is 1360. The number of carbonyl (C=O) groups is 1. The lowest BCUT2D eigenvalue weighted by atomic mass is 10.3. The Morgan fingerprint density at radius 2 is 1.59 bits per heavy atom. The van der Waals surface area contributed by atoms with Crippen LogP contribution in [0.1, 0.15) is 0 Å². The van der Waals surface area contributed by atoms with Crippen LogP contribution in [0.4, 0.5) is 11.1 Å². The largest absolute Gasteiger partial charge is 0.338 e. The van der Waals surface area contributed by atoms with Crippen molar-refractivity contribution in [1.29, 1.82) is 0 Å². The lowest BCUT2D eigenvalue weighted by Gasteiger charge is -2.35. The van der Waals surface area contributed by atoms with E-state index in [1.807, 2.05) is 29.2 Å². The molecule has 1 saturated heterocycles. The van der Waals surface area contributed by atoms with E-state index < -0.39 is 10.0 Å². The van der Waals surface area contributed by atoms with Gasteiger partial charge in [-0.1, -0.05) is 41.7 Å². The standard InChI is InChI=1S/C23H22N6O3S2/c30-21(27-13-15-28(16-14-27)22-24-11-6-12-25-22)17-29(34(31,32)18-7-2-1-3-8-18)23-26-19-9-4-5-10-20(19)33-23/h1-12H,13-17H2. The van der Waals surface area contributed by atoms with Crippen molar-refractivity contribution in [1.82, 2.24) is 19.9 Å². The van der Waals surface area contributed by atoms with E-state index in [4.69, 9.17) is 0 Å². The molecular weight excluding hydrogens is 472 g/mol. The van der Waals surface area contributed by atoms with Gasteiger partial charge in [-0.3, -0.25) is 4.79 Å². The van der Waals surface area contributed by atoms with Gasteiger partial charge in [0.25, 0.3) is 10.0 Å². The van der Waals surface area contributed by atoms with E-state index in [0.29, 0.717) is 37.6 Å². The summed E-state index contributed by atoms with van der Waals surface area (Å²) >= 11 is 1.25. The number of benzene rings is 2. The van der Waals surface area contributed by atoms with E-state index in [9.17, 15) is 13.2 Å². The number of sulfonamides is 1. The highest BCUT2D eigenvalue weighted by Gasteiger charge is 2.32. The first-order valence-electron chi connectivity index (χ1n) is 10.8. The van der Waals surface area contributed by atoms with Crippen LogP contribution in [0.5, 0.6) is 0 Å². The van der Waals surface area contributed by atoms with E-state index in [1.165, 1.54) is 23.5 Å². The van der Waals surface area contributed by atoms with Crippen LogP contribution in [0, 0.1) is 0 Å². The summed E-state index contributed by atoms with van der Waals surface area (Å²) in [6.07, 6.45) is 3.37. The number of carbonyl (C=O) groups excluding carboxylic acids is 1. The molecule has 11 heteroatoms. The van der Waals surface area contributed by atoms with Gasteiger partial charge in [0.1, 0.15) is 6.54 Å². The van der Waals surface area contributed by atoms with Crippen molar-refractivity contribution in [3.8, 4) is 0 Å². The fourth-order valence-electron chi connectivity index (χ4n) is 3.78. The molecule has 174 valence electrons. The first kappa shape index (κ1) is 22.2. The molecule has 0 saturated carbocycles. The number of nitrogens with zero attached hydrogens (tertiary/aromatic N) is 6. The van der Waals surface area contributed by atoms with Gasteiger partial charge >= 0.3 is 0 Å². The molecule has 0 bridgehead atoms. The summed E-state index contributed by atoms with van der Waals surface area (Å²) in [5, 5.41) is 0.273. The predicted molar refractivity (Wildman–Crippen MR) is 131 cm³/mol. The van der Waals surface area contributed by atoms with Crippen LogP contribution in [0.15, 0.2) is 78.0 Å². The van der Waals surface area contributed by atoms with Gasteiger partial charge in [-0.2, -0.15) is 0 Å². The predicted octanol–water partition coefficient (Wildman–Crippen LogP) is 2.63. The average Bonchev–Trinajstić information content (AvgIpc) is 3.32. The molecule has 2 aromatic carbocycles. The Morgan fingerprint density at radius 1 is 0.912 bits per heavy atom. The van der Waals surface area contributed by atoms with Crippen LogP contribution in [0.25, 0.3) is 10.2 Å². The molecule has 1 aliphatic heterocycles. The Labute approximate surface area is 201 Å². The summed E-state index contributed by atoms with van der Waals surface area (Å²) < 4.78 is 29.1. The Kier molecular flexibility index (Phi) is 6.12. The van der Waals surface area contributed by atoms with Crippen LogP contribution in [0.3, 0.4) is 0 Å². The number of amides is 1. The molecule has 34 heavy (non-hydrogen) atoms. The number of piperazine rings is 1. The number of fused-ring (bicyclic) bond motifs is 1. The van der Waals surface area contributed by atoms with E-state index in [0.717, 1.165) is 9.01 Å².